The number of rotatable bonds is 4. The van der Waals surface area contributed by atoms with Crippen molar-refractivity contribution < 1.29 is 4.79 Å². The third-order valence-corrected chi connectivity index (χ3v) is 4.48. The van der Waals surface area contributed by atoms with Crippen molar-refractivity contribution in [1.29, 1.82) is 0 Å². The van der Waals surface area contributed by atoms with Gasteiger partial charge in [-0.1, -0.05) is 74.0 Å². The lowest BCUT2D eigenvalue weighted by atomic mass is 9.89. The molecule has 0 amide bonds. The van der Waals surface area contributed by atoms with Gasteiger partial charge in [-0.25, -0.2) is 0 Å². The molecular formula is C22H22O. The molecule has 0 heterocycles. The summed E-state index contributed by atoms with van der Waals surface area (Å²) in [6.07, 6.45) is 2.60. The number of allylic oxidation sites excluding steroid dienone is 4. The molecule has 1 heteroatoms. The second kappa shape index (κ2) is 6.78. The molecule has 23 heavy (non-hydrogen) atoms. The molecule has 2 aromatic rings. The Morgan fingerprint density at radius 2 is 1.57 bits per heavy atom. The molecule has 0 aliphatic heterocycles. The normalized spacial score (nSPS) is 16.9. The molecule has 0 fully saturated rings. The smallest absolute Gasteiger partial charge is 0.163 e. The van der Waals surface area contributed by atoms with Crippen LogP contribution in [0.4, 0.5) is 0 Å². The third kappa shape index (κ3) is 3.05. The maximum atomic E-state index is 12.4. The van der Waals surface area contributed by atoms with Gasteiger partial charge in [0.05, 0.1) is 0 Å². The van der Waals surface area contributed by atoms with Crippen LogP contribution < -0.4 is 0 Å². The molecule has 1 aliphatic carbocycles. The molecule has 3 rings (SSSR count). The maximum absolute atomic E-state index is 12.4. The molecule has 0 N–H and O–H groups in total. The lowest BCUT2D eigenvalue weighted by Crippen LogP contribution is -1.95. The maximum Gasteiger partial charge on any atom is 0.163 e. The van der Waals surface area contributed by atoms with Gasteiger partial charge in [-0.05, 0) is 41.2 Å². The summed E-state index contributed by atoms with van der Waals surface area (Å²) in [4.78, 5) is 12.4. The van der Waals surface area contributed by atoms with Crippen LogP contribution in [0.5, 0.6) is 0 Å². The third-order valence-electron chi connectivity index (χ3n) is 4.48. The van der Waals surface area contributed by atoms with Crippen LogP contribution in [-0.4, -0.2) is 5.78 Å². The topological polar surface area (TPSA) is 17.1 Å². The second-order valence-corrected chi connectivity index (χ2v) is 6.04. The van der Waals surface area contributed by atoms with E-state index in [0.717, 1.165) is 29.6 Å². The zero-order chi connectivity index (χ0) is 16.2. The van der Waals surface area contributed by atoms with E-state index in [1.165, 1.54) is 16.7 Å². The predicted molar refractivity (Wildman–Crippen MR) is 96.9 cm³/mol. The Hall–Kier alpha value is -2.41. The number of hydrogen-bond acceptors (Lipinski definition) is 1. The second-order valence-electron chi connectivity index (χ2n) is 6.04. The molecule has 0 saturated heterocycles. The molecule has 0 saturated carbocycles. The summed E-state index contributed by atoms with van der Waals surface area (Å²) in [5.41, 5.74) is 6.96. The predicted octanol–water partition coefficient (Wildman–Crippen LogP) is 5.69. The summed E-state index contributed by atoms with van der Waals surface area (Å²) in [7, 11) is 0. The molecule has 1 nitrogen and oxygen atoms in total. The highest BCUT2D eigenvalue weighted by atomic mass is 16.1. The highest BCUT2D eigenvalue weighted by Gasteiger charge is 2.28. The van der Waals surface area contributed by atoms with E-state index in [4.69, 9.17) is 0 Å². The van der Waals surface area contributed by atoms with Gasteiger partial charge < -0.3 is 0 Å². The molecule has 0 atom stereocenters. The van der Waals surface area contributed by atoms with E-state index >= 15 is 0 Å². The Morgan fingerprint density at radius 3 is 2.17 bits per heavy atom. The Kier molecular flexibility index (Phi) is 4.57. The van der Waals surface area contributed by atoms with Crippen molar-refractivity contribution in [3.63, 3.8) is 0 Å². The molecule has 0 unspecified atom stereocenters. The quantitative estimate of drug-likeness (QED) is 0.709. The fraction of sp³-hybridized carbons (Fsp3) is 0.227. The van der Waals surface area contributed by atoms with E-state index in [0.29, 0.717) is 6.42 Å². The van der Waals surface area contributed by atoms with E-state index in [1.807, 2.05) is 31.2 Å². The first-order chi connectivity index (χ1) is 11.2. The molecule has 0 radical (unpaired) electrons. The van der Waals surface area contributed by atoms with Crippen molar-refractivity contribution in [3.8, 4) is 0 Å². The van der Waals surface area contributed by atoms with Gasteiger partial charge in [0.2, 0.25) is 0 Å². The van der Waals surface area contributed by atoms with Crippen molar-refractivity contribution in [2.45, 2.75) is 33.1 Å². The first-order valence-electron chi connectivity index (χ1n) is 8.29. The van der Waals surface area contributed by atoms with Gasteiger partial charge in [0.15, 0.2) is 5.78 Å². The fourth-order valence-electron chi connectivity index (χ4n) is 3.36. The van der Waals surface area contributed by atoms with Crippen molar-refractivity contribution >= 4 is 16.9 Å². The van der Waals surface area contributed by atoms with E-state index in [1.54, 1.807) is 0 Å². The van der Waals surface area contributed by atoms with Crippen molar-refractivity contribution in [3.05, 3.63) is 82.9 Å². The standard InChI is InChI=1S/C22H22O/c1-3-10-19(17-11-6-4-7-12-17)20-15-21(23)16(2)22(20)18-13-8-5-9-14-18/h4-9,11-14H,3,10,15H2,1-2H3/b20-19-. The van der Waals surface area contributed by atoms with Gasteiger partial charge in [0.25, 0.3) is 0 Å². The molecule has 0 bridgehead atoms. The van der Waals surface area contributed by atoms with E-state index in [9.17, 15) is 4.79 Å². The van der Waals surface area contributed by atoms with Gasteiger partial charge in [-0.2, -0.15) is 0 Å². The average Bonchev–Trinajstić information content (AvgIpc) is 2.89. The monoisotopic (exact) mass is 302 g/mol. The summed E-state index contributed by atoms with van der Waals surface area (Å²) in [5.74, 6) is 0.253. The van der Waals surface area contributed by atoms with Crippen LogP contribution in [0.1, 0.15) is 44.2 Å². The Morgan fingerprint density at radius 1 is 0.957 bits per heavy atom. The zero-order valence-electron chi connectivity index (χ0n) is 13.8. The van der Waals surface area contributed by atoms with Crippen molar-refractivity contribution in [1.82, 2.24) is 0 Å². The zero-order valence-corrected chi connectivity index (χ0v) is 13.8. The summed E-state index contributed by atoms with van der Waals surface area (Å²) < 4.78 is 0. The minimum absolute atomic E-state index is 0.253. The van der Waals surface area contributed by atoms with E-state index < -0.39 is 0 Å². The van der Waals surface area contributed by atoms with E-state index in [2.05, 4.69) is 43.3 Å². The van der Waals surface area contributed by atoms with Crippen LogP contribution in [0.25, 0.3) is 11.1 Å². The summed E-state index contributed by atoms with van der Waals surface area (Å²) >= 11 is 0. The van der Waals surface area contributed by atoms with Crippen LogP contribution >= 0.6 is 0 Å². The SMILES string of the molecule is CCC/C(=C1\CC(=O)C(C)=C1c1ccccc1)c1ccccc1. The van der Waals surface area contributed by atoms with Crippen molar-refractivity contribution in [2.24, 2.45) is 0 Å². The Balaban J connectivity index is 2.21. The highest BCUT2D eigenvalue weighted by Crippen LogP contribution is 2.41. The molecule has 2 aromatic carbocycles. The van der Waals surface area contributed by atoms with Crippen LogP contribution in [0.2, 0.25) is 0 Å². The molecule has 0 aromatic heterocycles. The number of carbonyl (C=O) groups is 1. The first kappa shape index (κ1) is 15.5. The summed E-state index contributed by atoms with van der Waals surface area (Å²) in [6, 6.07) is 20.8. The Bertz CT molecular complexity index is 764. The number of ketones is 1. The lowest BCUT2D eigenvalue weighted by molar-refractivity contribution is -0.114. The van der Waals surface area contributed by atoms with Crippen molar-refractivity contribution in [2.75, 3.05) is 0 Å². The minimum Gasteiger partial charge on any atom is -0.294 e. The van der Waals surface area contributed by atoms with Crippen LogP contribution in [-0.2, 0) is 4.79 Å². The van der Waals surface area contributed by atoms with Crippen LogP contribution in [0, 0.1) is 0 Å². The highest BCUT2D eigenvalue weighted by molar-refractivity contribution is 6.15. The largest absolute Gasteiger partial charge is 0.294 e. The summed E-state index contributed by atoms with van der Waals surface area (Å²) in [6.45, 7) is 4.16. The minimum atomic E-state index is 0.253. The fourth-order valence-corrected chi connectivity index (χ4v) is 3.36. The average molecular weight is 302 g/mol. The molecule has 0 spiro atoms. The molecule has 1 aliphatic rings. The number of Topliss-reactive ketones (excluding diaryl/α,β-unsaturated/α-hetero) is 1. The number of carbonyl (C=O) groups excluding carboxylic acids is 1. The van der Waals surface area contributed by atoms with E-state index in [-0.39, 0.29) is 5.78 Å². The first-order valence-corrected chi connectivity index (χ1v) is 8.29. The van der Waals surface area contributed by atoms with Crippen LogP contribution in [0.15, 0.2) is 71.8 Å². The van der Waals surface area contributed by atoms with Gasteiger partial charge in [-0.3, -0.25) is 4.79 Å². The molecular weight excluding hydrogens is 280 g/mol. The van der Waals surface area contributed by atoms with Gasteiger partial charge >= 0.3 is 0 Å². The number of hydrogen-bond donors (Lipinski definition) is 0. The van der Waals surface area contributed by atoms with Gasteiger partial charge in [-0.15, -0.1) is 0 Å². The van der Waals surface area contributed by atoms with Crippen LogP contribution in [0.3, 0.4) is 0 Å². The molecule has 116 valence electrons. The Labute approximate surface area is 138 Å². The van der Waals surface area contributed by atoms with Gasteiger partial charge in [0.1, 0.15) is 0 Å². The lowest BCUT2D eigenvalue weighted by Gasteiger charge is -2.15. The van der Waals surface area contributed by atoms with Gasteiger partial charge in [0, 0.05) is 12.0 Å². The summed E-state index contributed by atoms with van der Waals surface area (Å²) in [5, 5.41) is 0. The number of benzene rings is 2.